The molecular formula is C15H19ClN4. The Morgan fingerprint density at radius 2 is 2.20 bits per heavy atom. The van der Waals surface area contributed by atoms with E-state index in [1.165, 1.54) is 25.9 Å². The number of hydrogen-bond acceptors (Lipinski definition) is 3. The van der Waals surface area contributed by atoms with Crippen LogP contribution in [0.3, 0.4) is 0 Å². The van der Waals surface area contributed by atoms with Crippen molar-refractivity contribution in [3.63, 3.8) is 0 Å². The Hall–Kier alpha value is -1.10. The number of nitrogens with one attached hydrogen (secondary N) is 3. The van der Waals surface area contributed by atoms with Crippen LogP contribution in [0.15, 0.2) is 18.2 Å². The summed E-state index contributed by atoms with van der Waals surface area (Å²) in [6.45, 7) is 3.42. The van der Waals surface area contributed by atoms with Crippen LogP contribution in [-0.4, -0.2) is 35.6 Å². The van der Waals surface area contributed by atoms with Gasteiger partial charge in [-0.25, -0.2) is 4.98 Å². The Bertz CT molecular complexity index is 624. The molecular weight excluding hydrogens is 272 g/mol. The zero-order valence-corrected chi connectivity index (χ0v) is 12.1. The van der Waals surface area contributed by atoms with Gasteiger partial charge in [0.2, 0.25) is 0 Å². The van der Waals surface area contributed by atoms with Crippen LogP contribution in [-0.2, 0) is 6.42 Å². The van der Waals surface area contributed by atoms with Crippen LogP contribution in [0.1, 0.15) is 18.7 Å². The predicted octanol–water partition coefficient (Wildman–Crippen LogP) is 2.10. The molecule has 1 saturated carbocycles. The van der Waals surface area contributed by atoms with Crippen molar-refractivity contribution in [1.29, 1.82) is 0 Å². The smallest absolute Gasteiger partial charge is 0.108 e. The van der Waals surface area contributed by atoms with Crippen LogP contribution < -0.4 is 10.6 Å². The third-order valence-electron chi connectivity index (χ3n) is 4.65. The molecule has 106 valence electrons. The zero-order valence-electron chi connectivity index (χ0n) is 11.4. The van der Waals surface area contributed by atoms with Crippen LogP contribution in [0.5, 0.6) is 0 Å². The van der Waals surface area contributed by atoms with Gasteiger partial charge >= 0.3 is 0 Å². The highest BCUT2D eigenvalue weighted by Crippen LogP contribution is 2.43. The molecule has 4 nitrogen and oxygen atoms in total. The second kappa shape index (κ2) is 4.72. The molecule has 1 aromatic carbocycles. The minimum Gasteiger partial charge on any atom is -0.342 e. The van der Waals surface area contributed by atoms with E-state index >= 15 is 0 Å². The molecule has 20 heavy (non-hydrogen) atoms. The fourth-order valence-electron chi connectivity index (χ4n) is 3.44. The van der Waals surface area contributed by atoms with Gasteiger partial charge in [0.05, 0.1) is 11.0 Å². The molecule has 0 unspecified atom stereocenters. The summed E-state index contributed by atoms with van der Waals surface area (Å²) in [6, 6.07) is 6.48. The minimum absolute atomic E-state index is 0.647. The van der Waals surface area contributed by atoms with Gasteiger partial charge in [0.25, 0.3) is 0 Å². The topological polar surface area (TPSA) is 52.7 Å². The first-order chi connectivity index (χ1) is 9.72. The summed E-state index contributed by atoms with van der Waals surface area (Å²) < 4.78 is 0. The Labute approximate surface area is 123 Å². The van der Waals surface area contributed by atoms with E-state index in [2.05, 4.69) is 20.6 Å². The molecule has 2 fully saturated rings. The molecule has 0 bridgehead atoms. The van der Waals surface area contributed by atoms with Gasteiger partial charge in [0.15, 0.2) is 0 Å². The van der Waals surface area contributed by atoms with E-state index in [0.29, 0.717) is 11.5 Å². The number of rotatable bonds is 4. The van der Waals surface area contributed by atoms with Crippen molar-refractivity contribution in [1.82, 2.24) is 20.6 Å². The molecule has 3 N–H and O–H groups in total. The van der Waals surface area contributed by atoms with Crippen molar-refractivity contribution in [2.45, 2.75) is 25.3 Å². The van der Waals surface area contributed by atoms with Crippen LogP contribution in [0.2, 0.25) is 5.02 Å². The second-order valence-corrected chi connectivity index (χ2v) is 6.69. The van der Waals surface area contributed by atoms with Crippen LogP contribution in [0.4, 0.5) is 0 Å². The SMILES string of the molecule is Clc1ccc2nc(CCNC3CC4(CNC4)C3)[nH]c2c1. The highest BCUT2D eigenvalue weighted by atomic mass is 35.5. The summed E-state index contributed by atoms with van der Waals surface area (Å²) in [5.74, 6) is 1.04. The van der Waals surface area contributed by atoms with Crippen molar-refractivity contribution < 1.29 is 0 Å². The zero-order chi connectivity index (χ0) is 13.6. The van der Waals surface area contributed by atoms with Crippen molar-refractivity contribution in [2.24, 2.45) is 5.41 Å². The number of fused-ring (bicyclic) bond motifs is 1. The van der Waals surface area contributed by atoms with E-state index in [1.807, 2.05) is 18.2 Å². The molecule has 2 aromatic rings. The molecule has 0 radical (unpaired) electrons. The highest BCUT2D eigenvalue weighted by molar-refractivity contribution is 6.31. The Kier molecular flexibility index (Phi) is 2.98. The maximum Gasteiger partial charge on any atom is 0.108 e. The molecule has 0 amide bonds. The number of benzene rings is 1. The first-order valence-electron chi connectivity index (χ1n) is 7.31. The van der Waals surface area contributed by atoms with Gasteiger partial charge in [0, 0.05) is 37.1 Å². The monoisotopic (exact) mass is 290 g/mol. The lowest BCUT2D eigenvalue weighted by molar-refractivity contribution is 0.0240. The normalized spacial score (nSPS) is 21.1. The van der Waals surface area contributed by atoms with E-state index in [4.69, 9.17) is 11.6 Å². The van der Waals surface area contributed by atoms with E-state index in [9.17, 15) is 0 Å². The summed E-state index contributed by atoms with van der Waals surface area (Å²) in [5.41, 5.74) is 2.66. The van der Waals surface area contributed by atoms with Crippen LogP contribution in [0, 0.1) is 5.41 Å². The molecule has 1 aliphatic heterocycles. The number of nitrogens with zero attached hydrogens (tertiary/aromatic N) is 1. The summed E-state index contributed by atoms with van der Waals surface area (Å²) >= 11 is 5.98. The van der Waals surface area contributed by atoms with E-state index < -0.39 is 0 Å². The van der Waals surface area contributed by atoms with Gasteiger partial charge in [-0.05, 0) is 36.5 Å². The quantitative estimate of drug-likeness (QED) is 0.808. The van der Waals surface area contributed by atoms with Crippen molar-refractivity contribution in [3.8, 4) is 0 Å². The van der Waals surface area contributed by atoms with Gasteiger partial charge < -0.3 is 15.6 Å². The van der Waals surface area contributed by atoms with Gasteiger partial charge in [0.1, 0.15) is 5.82 Å². The molecule has 1 saturated heterocycles. The lowest BCUT2D eigenvalue weighted by atomic mass is 9.62. The standard InChI is InChI=1S/C15H19ClN4/c16-10-1-2-12-13(5-10)20-14(19-12)3-4-18-11-6-15(7-11)8-17-9-15/h1-2,5,11,17-18H,3-4,6-9H2,(H,19,20). The third-order valence-corrected chi connectivity index (χ3v) is 4.88. The van der Waals surface area contributed by atoms with Gasteiger partial charge in [-0.2, -0.15) is 0 Å². The summed E-state index contributed by atoms with van der Waals surface area (Å²) in [5, 5.41) is 7.75. The van der Waals surface area contributed by atoms with E-state index in [0.717, 1.165) is 34.8 Å². The number of H-pyrrole nitrogens is 1. The number of imidazole rings is 1. The molecule has 2 heterocycles. The molecule has 2 aliphatic rings. The predicted molar refractivity (Wildman–Crippen MR) is 81.1 cm³/mol. The summed E-state index contributed by atoms with van der Waals surface area (Å²) in [7, 11) is 0. The fourth-order valence-corrected chi connectivity index (χ4v) is 3.62. The van der Waals surface area contributed by atoms with Gasteiger partial charge in [-0.15, -0.1) is 0 Å². The molecule has 1 aliphatic carbocycles. The number of halogens is 1. The molecule has 4 rings (SSSR count). The Morgan fingerprint density at radius 3 is 2.95 bits per heavy atom. The third kappa shape index (κ3) is 2.22. The van der Waals surface area contributed by atoms with Crippen molar-refractivity contribution in [2.75, 3.05) is 19.6 Å². The lowest BCUT2D eigenvalue weighted by Crippen LogP contribution is -2.64. The minimum atomic E-state index is 0.647. The number of aromatic nitrogens is 2. The maximum absolute atomic E-state index is 5.98. The Morgan fingerprint density at radius 1 is 1.35 bits per heavy atom. The molecule has 1 aromatic heterocycles. The maximum atomic E-state index is 5.98. The second-order valence-electron chi connectivity index (χ2n) is 6.26. The number of hydrogen-bond donors (Lipinski definition) is 3. The van der Waals surface area contributed by atoms with Crippen LogP contribution in [0.25, 0.3) is 11.0 Å². The first kappa shape index (κ1) is 12.6. The van der Waals surface area contributed by atoms with Gasteiger partial charge in [-0.3, -0.25) is 0 Å². The molecule has 5 heteroatoms. The van der Waals surface area contributed by atoms with Crippen molar-refractivity contribution in [3.05, 3.63) is 29.0 Å². The first-order valence-corrected chi connectivity index (χ1v) is 7.69. The Balaban J connectivity index is 1.30. The lowest BCUT2D eigenvalue weighted by Gasteiger charge is -2.54. The highest BCUT2D eigenvalue weighted by Gasteiger charge is 2.47. The average molecular weight is 291 g/mol. The number of aromatic amines is 1. The largest absolute Gasteiger partial charge is 0.342 e. The van der Waals surface area contributed by atoms with E-state index in [-0.39, 0.29) is 0 Å². The van der Waals surface area contributed by atoms with Crippen molar-refractivity contribution >= 4 is 22.6 Å². The van der Waals surface area contributed by atoms with E-state index in [1.54, 1.807) is 0 Å². The molecule has 0 atom stereocenters. The molecule has 1 spiro atoms. The summed E-state index contributed by atoms with van der Waals surface area (Å²) in [6.07, 6.45) is 3.60. The fraction of sp³-hybridized carbons (Fsp3) is 0.533. The van der Waals surface area contributed by atoms with Crippen LogP contribution >= 0.6 is 11.6 Å². The summed E-state index contributed by atoms with van der Waals surface area (Å²) in [4.78, 5) is 7.93. The van der Waals surface area contributed by atoms with Gasteiger partial charge in [-0.1, -0.05) is 11.6 Å². The average Bonchev–Trinajstić information content (AvgIpc) is 2.71.